The lowest BCUT2D eigenvalue weighted by molar-refractivity contribution is 0.475. The van der Waals surface area contributed by atoms with Gasteiger partial charge >= 0.3 is 0 Å². The molecule has 0 aromatic heterocycles. The molecular formula is C25H23NO2S. The van der Waals surface area contributed by atoms with Gasteiger partial charge in [-0.05, 0) is 72.3 Å². The van der Waals surface area contributed by atoms with Crippen molar-refractivity contribution in [2.45, 2.75) is 13.8 Å². The van der Waals surface area contributed by atoms with Crippen molar-refractivity contribution in [3.8, 4) is 28.4 Å². The SMILES string of the molecule is CSNc1ccc(Oc2c(-c3ccccc3)c(C)cc3cc(O)ccc23)cc1C. The van der Waals surface area contributed by atoms with E-state index in [1.54, 1.807) is 24.1 Å². The van der Waals surface area contributed by atoms with Gasteiger partial charge in [-0.3, -0.25) is 0 Å². The fourth-order valence-corrected chi connectivity index (χ4v) is 4.06. The summed E-state index contributed by atoms with van der Waals surface area (Å²) in [4.78, 5) is 0. The highest BCUT2D eigenvalue weighted by Crippen LogP contribution is 2.43. The highest BCUT2D eigenvalue weighted by atomic mass is 32.2. The van der Waals surface area contributed by atoms with Gasteiger partial charge in [0.25, 0.3) is 0 Å². The molecule has 4 aromatic rings. The molecule has 0 saturated heterocycles. The summed E-state index contributed by atoms with van der Waals surface area (Å²) in [5, 5.41) is 11.9. The Balaban J connectivity index is 1.90. The van der Waals surface area contributed by atoms with Gasteiger partial charge in [-0.15, -0.1) is 0 Å². The minimum Gasteiger partial charge on any atom is -0.508 e. The van der Waals surface area contributed by atoms with Crippen LogP contribution in [0.15, 0.2) is 72.8 Å². The molecule has 0 heterocycles. The molecule has 0 saturated carbocycles. The Morgan fingerprint density at radius 3 is 2.38 bits per heavy atom. The number of nitrogens with one attached hydrogen (secondary N) is 1. The minimum absolute atomic E-state index is 0.249. The molecule has 0 aliphatic rings. The number of ether oxygens (including phenoxy) is 1. The Bertz CT molecular complexity index is 1170. The summed E-state index contributed by atoms with van der Waals surface area (Å²) in [6, 6.07) is 23.8. The average molecular weight is 402 g/mol. The number of phenolic OH excluding ortho intramolecular Hbond substituents is 1. The molecule has 0 unspecified atom stereocenters. The first kappa shape index (κ1) is 19.2. The zero-order valence-electron chi connectivity index (χ0n) is 16.7. The van der Waals surface area contributed by atoms with E-state index in [0.717, 1.165) is 50.2 Å². The van der Waals surface area contributed by atoms with Gasteiger partial charge < -0.3 is 14.6 Å². The lowest BCUT2D eigenvalue weighted by Gasteiger charge is -2.18. The molecule has 3 nitrogen and oxygen atoms in total. The number of hydrogen-bond donors (Lipinski definition) is 2. The van der Waals surface area contributed by atoms with Crippen LogP contribution in [0.2, 0.25) is 0 Å². The van der Waals surface area contributed by atoms with Gasteiger partial charge in [0.2, 0.25) is 0 Å². The number of fused-ring (bicyclic) bond motifs is 1. The third-order valence-electron chi connectivity index (χ3n) is 4.97. The number of aromatic hydroxyl groups is 1. The molecule has 0 atom stereocenters. The number of rotatable bonds is 5. The molecule has 4 aromatic carbocycles. The highest BCUT2D eigenvalue weighted by molar-refractivity contribution is 7.99. The van der Waals surface area contributed by atoms with Gasteiger partial charge in [0, 0.05) is 22.9 Å². The number of anilines is 1. The second kappa shape index (κ2) is 8.10. The van der Waals surface area contributed by atoms with Crippen molar-refractivity contribution in [3.63, 3.8) is 0 Å². The fraction of sp³-hybridized carbons (Fsp3) is 0.120. The maximum atomic E-state index is 9.96. The maximum absolute atomic E-state index is 9.96. The van der Waals surface area contributed by atoms with Gasteiger partial charge in [0.1, 0.15) is 17.2 Å². The molecule has 0 spiro atoms. The van der Waals surface area contributed by atoms with E-state index >= 15 is 0 Å². The number of aryl methyl sites for hydroxylation is 2. The van der Waals surface area contributed by atoms with Crippen LogP contribution in [-0.4, -0.2) is 11.4 Å². The summed E-state index contributed by atoms with van der Waals surface area (Å²) in [7, 11) is 0. The summed E-state index contributed by atoms with van der Waals surface area (Å²) in [6.45, 7) is 4.14. The third-order valence-corrected chi connectivity index (χ3v) is 5.39. The molecule has 0 aliphatic heterocycles. The van der Waals surface area contributed by atoms with Crippen LogP contribution in [-0.2, 0) is 0 Å². The van der Waals surface area contributed by atoms with Crippen molar-refractivity contribution in [1.29, 1.82) is 0 Å². The monoisotopic (exact) mass is 401 g/mol. The standard InChI is InChI=1S/C25H23NO2S/c1-16-14-21(10-12-23(16)26-29-3)28-25-22-11-9-20(27)15-19(22)13-17(2)24(25)18-7-5-4-6-8-18/h4-15,26-27H,1-3H3. The van der Waals surface area contributed by atoms with E-state index in [1.165, 1.54) is 0 Å². The average Bonchev–Trinajstić information content (AvgIpc) is 2.70. The zero-order chi connectivity index (χ0) is 20.4. The van der Waals surface area contributed by atoms with Gasteiger partial charge in [-0.25, -0.2) is 0 Å². The van der Waals surface area contributed by atoms with Crippen molar-refractivity contribution < 1.29 is 9.84 Å². The smallest absolute Gasteiger partial charge is 0.143 e. The van der Waals surface area contributed by atoms with Crippen molar-refractivity contribution in [2.75, 3.05) is 11.0 Å². The van der Waals surface area contributed by atoms with Gasteiger partial charge in [0.15, 0.2) is 0 Å². The van der Waals surface area contributed by atoms with Crippen molar-refractivity contribution >= 4 is 28.4 Å². The first-order chi connectivity index (χ1) is 14.1. The Kier molecular flexibility index (Phi) is 5.36. The predicted octanol–water partition coefficient (Wildman–Crippen LogP) is 7.31. The summed E-state index contributed by atoms with van der Waals surface area (Å²) in [5.74, 6) is 1.83. The molecule has 29 heavy (non-hydrogen) atoms. The van der Waals surface area contributed by atoms with Crippen molar-refractivity contribution in [3.05, 3.63) is 83.9 Å². The van der Waals surface area contributed by atoms with Crippen LogP contribution < -0.4 is 9.46 Å². The Morgan fingerprint density at radius 1 is 0.862 bits per heavy atom. The number of hydrogen-bond acceptors (Lipinski definition) is 4. The van der Waals surface area contributed by atoms with Crippen LogP contribution in [0.5, 0.6) is 17.2 Å². The molecule has 0 aliphatic carbocycles. The summed E-state index contributed by atoms with van der Waals surface area (Å²) in [5.41, 5.74) is 5.46. The molecule has 0 radical (unpaired) electrons. The van der Waals surface area contributed by atoms with E-state index in [9.17, 15) is 5.11 Å². The lowest BCUT2D eigenvalue weighted by Crippen LogP contribution is -1.95. The normalized spacial score (nSPS) is 10.9. The van der Waals surface area contributed by atoms with Crippen LogP contribution in [0.25, 0.3) is 21.9 Å². The summed E-state index contributed by atoms with van der Waals surface area (Å²) in [6.07, 6.45) is 2.00. The predicted molar refractivity (Wildman–Crippen MR) is 124 cm³/mol. The second-order valence-corrected chi connectivity index (χ2v) is 7.67. The lowest BCUT2D eigenvalue weighted by atomic mass is 9.94. The van der Waals surface area contributed by atoms with E-state index in [4.69, 9.17) is 4.74 Å². The number of benzene rings is 4. The summed E-state index contributed by atoms with van der Waals surface area (Å²) < 4.78 is 9.78. The van der Waals surface area contributed by atoms with E-state index in [2.05, 4.69) is 36.8 Å². The molecule has 4 heteroatoms. The Morgan fingerprint density at radius 2 is 1.66 bits per heavy atom. The Hall–Kier alpha value is -3.11. The molecule has 146 valence electrons. The minimum atomic E-state index is 0.249. The highest BCUT2D eigenvalue weighted by Gasteiger charge is 2.16. The molecule has 0 fully saturated rings. The summed E-state index contributed by atoms with van der Waals surface area (Å²) >= 11 is 1.57. The molecule has 4 rings (SSSR count). The van der Waals surface area contributed by atoms with Gasteiger partial charge in [-0.1, -0.05) is 48.3 Å². The molecule has 2 N–H and O–H groups in total. The van der Waals surface area contributed by atoms with Crippen molar-refractivity contribution in [1.82, 2.24) is 0 Å². The van der Waals surface area contributed by atoms with Gasteiger partial charge in [0.05, 0.1) is 0 Å². The second-order valence-electron chi connectivity index (χ2n) is 7.05. The van der Waals surface area contributed by atoms with E-state index in [1.807, 2.05) is 48.7 Å². The largest absolute Gasteiger partial charge is 0.508 e. The number of phenols is 1. The van der Waals surface area contributed by atoms with Crippen LogP contribution >= 0.6 is 11.9 Å². The topological polar surface area (TPSA) is 41.5 Å². The fourth-order valence-electron chi connectivity index (χ4n) is 3.61. The third kappa shape index (κ3) is 3.89. The van der Waals surface area contributed by atoms with Crippen molar-refractivity contribution in [2.24, 2.45) is 0 Å². The maximum Gasteiger partial charge on any atom is 0.143 e. The van der Waals surface area contributed by atoms with E-state index in [-0.39, 0.29) is 5.75 Å². The first-order valence-corrected chi connectivity index (χ1v) is 10.7. The molecule has 0 bridgehead atoms. The molecule has 0 amide bonds. The Labute approximate surface area is 175 Å². The van der Waals surface area contributed by atoms with Crippen LogP contribution in [0.1, 0.15) is 11.1 Å². The van der Waals surface area contributed by atoms with Crippen LogP contribution in [0, 0.1) is 13.8 Å². The van der Waals surface area contributed by atoms with E-state index < -0.39 is 0 Å². The molecular weight excluding hydrogens is 378 g/mol. The van der Waals surface area contributed by atoms with E-state index in [0.29, 0.717) is 0 Å². The quantitative estimate of drug-likeness (QED) is 0.344. The van der Waals surface area contributed by atoms with Crippen LogP contribution in [0.4, 0.5) is 5.69 Å². The first-order valence-electron chi connectivity index (χ1n) is 9.46. The van der Waals surface area contributed by atoms with Gasteiger partial charge in [-0.2, -0.15) is 0 Å². The zero-order valence-corrected chi connectivity index (χ0v) is 17.5. The van der Waals surface area contributed by atoms with Crippen LogP contribution in [0.3, 0.4) is 0 Å².